The highest BCUT2D eigenvalue weighted by atomic mass is 79.9. The minimum absolute atomic E-state index is 0.141. The number of nitrogens with zero attached hydrogens (tertiary/aromatic N) is 1. The quantitative estimate of drug-likeness (QED) is 0.317. The third-order valence-corrected chi connectivity index (χ3v) is 7.77. The van der Waals surface area contributed by atoms with Crippen molar-refractivity contribution in [3.63, 3.8) is 0 Å². The van der Waals surface area contributed by atoms with Crippen molar-refractivity contribution < 1.29 is 13.2 Å². The summed E-state index contributed by atoms with van der Waals surface area (Å²) >= 11 is 3.44. The molecule has 0 amide bonds. The van der Waals surface area contributed by atoms with Crippen LogP contribution in [0, 0.1) is 6.92 Å². The minimum atomic E-state index is -3.86. The fourth-order valence-corrected chi connectivity index (χ4v) is 5.63. The van der Waals surface area contributed by atoms with Crippen molar-refractivity contribution in [2.24, 2.45) is 0 Å². The zero-order chi connectivity index (χ0) is 22.3. The maximum absolute atomic E-state index is 13.9. The lowest BCUT2D eigenvalue weighted by Crippen LogP contribution is -2.36. The molecule has 0 atom stereocenters. The standard InChI is InChI=1S/C26H20BrNO3S/c1-18-6-13-23(14-7-18)32(29,30)28-22(16-19-8-11-21(27)12-9-19)17-31-26-24-5-3-2-4-20(24)10-15-25(26)28/h2-16H,17H2,1H3/b22-16+. The number of fused-ring (bicyclic) bond motifs is 3. The van der Waals surface area contributed by atoms with E-state index in [0.717, 1.165) is 26.4 Å². The molecule has 4 nitrogen and oxygen atoms in total. The third-order valence-electron chi connectivity index (χ3n) is 5.47. The molecule has 0 aliphatic carbocycles. The normalized spacial score (nSPS) is 14.9. The Labute approximate surface area is 195 Å². The van der Waals surface area contributed by atoms with Gasteiger partial charge in [-0.2, -0.15) is 0 Å². The van der Waals surface area contributed by atoms with Crippen LogP contribution in [0.4, 0.5) is 5.69 Å². The first kappa shape index (κ1) is 20.8. The van der Waals surface area contributed by atoms with E-state index < -0.39 is 10.0 Å². The third kappa shape index (κ3) is 3.70. The predicted molar refractivity (Wildman–Crippen MR) is 132 cm³/mol. The van der Waals surface area contributed by atoms with Crippen molar-refractivity contribution in [1.29, 1.82) is 0 Å². The molecule has 0 spiro atoms. The van der Waals surface area contributed by atoms with E-state index in [1.165, 1.54) is 4.31 Å². The fraction of sp³-hybridized carbons (Fsp3) is 0.0769. The van der Waals surface area contributed by atoms with Gasteiger partial charge in [0.15, 0.2) is 5.75 Å². The SMILES string of the molecule is Cc1ccc(S(=O)(=O)N2/C(=C/c3ccc(Br)cc3)COc3c2ccc2ccccc32)cc1. The molecule has 0 saturated heterocycles. The number of benzene rings is 4. The van der Waals surface area contributed by atoms with Gasteiger partial charge in [0.05, 0.1) is 16.3 Å². The van der Waals surface area contributed by atoms with Crippen LogP contribution in [-0.4, -0.2) is 15.0 Å². The average molecular weight is 506 g/mol. The zero-order valence-electron chi connectivity index (χ0n) is 17.3. The Hall–Kier alpha value is -3.09. The first-order valence-electron chi connectivity index (χ1n) is 10.2. The lowest BCUT2D eigenvalue weighted by atomic mass is 10.1. The number of hydrogen-bond donors (Lipinski definition) is 0. The van der Waals surface area contributed by atoms with Crippen LogP contribution in [0.2, 0.25) is 0 Å². The Balaban J connectivity index is 1.73. The maximum Gasteiger partial charge on any atom is 0.268 e. The first-order chi connectivity index (χ1) is 15.4. The lowest BCUT2D eigenvalue weighted by Gasteiger charge is -2.33. The van der Waals surface area contributed by atoms with Gasteiger partial charge in [-0.3, -0.25) is 0 Å². The monoisotopic (exact) mass is 505 g/mol. The molecule has 1 aliphatic heterocycles. The summed E-state index contributed by atoms with van der Waals surface area (Å²) in [6.07, 6.45) is 1.86. The number of halogens is 1. The molecule has 32 heavy (non-hydrogen) atoms. The summed E-state index contributed by atoms with van der Waals surface area (Å²) in [5.41, 5.74) is 2.96. The average Bonchev–Trinajstić information content (AvgIpc) is 2.80. The number of hydrogen-bond acceptors (Lipinski definition) is 3. The molecule has 1 heterocycles. The fourth-order valence-electron chi connectivity index (χ4n) is 3.85. The van der Waals surface area contributed by atoms with Crippen LogP contribution in [0.3, 0.4) is 0 Å². The largest absolute Gasteiger partial charge is 0.484 e. The molecule has 0 fully saturated rings. The number of sulfonamides is 1. The molecule has 5 rings (SSSR count). The first-order valence-corrected chi connectivity index (χ1v) is 12.4. The van der Waals surface area contributed by atoms with Crippen LogP contribution >= 0.6 is 15.9 Å². The maximum atomic E-state index is 13.9. The van der Waals surface area contributed by atoms with Crippen LogP contribution in [0.1, 0.15) is 11.1 Å². The molecule has 0 radical (unpaired) electrons. The van der Waals surface area contributed by atoms with Gasteiger partial charge >= 0.3 is 0 Å². The molecule has 0 unspecified atom stereocenters. The van der Waals surface area contributed by atoms with Crippen molar-refractivity contribution in [3.8, 4) is 5.75 Å². The van der Waals surface area contributed by atoms with E-state index in [9.17, 15) is 8.42 Å². The molecule has 4 aromatic carbocycles. The van der Waals surface area contributed by atoms with Crippen molar-refractivity contribution >= 4 is 48.5 Å². The summed E-state index contributed by atoms with van der Waals surface area (Å²) in [6, 6.07) is 26.2. The highest BCUT2D eigenvalue weighted by molar-refractivity contribution is 9.10. The van der Waals surface area contributed by atoms with Gasteiger partial charge in [-0.1, -0.05) is 76.1 Å². The van der Waals surface area contributed by atoms with E-state index in [1.807, 2.05) is 85.8 Å². The van der Waals surface area contributed by atoms with Gasteiger partial charge in [-0.25, -0.2) is 12.7 Å². The zero-order valence-corrected chi connectivity index (χ0v) is 19.7. The molecule has 0 N–H and O–H groups in total. The molecule has 0 saturated carbocycles. The molecule has 4 aromatic rings. The Morgan fingerprint density at radius 1 is 0.906 bits per heavy atom. The molecular formula is C26H20BrNO3S. The number of ether oxygens (including phenoxy) is 1. The van der Waals surface area contributed by atoms with Gasteiger partial charge in [0, 0.05) is 9.86 Å². The second-order valence-corrected chi connectivity index (χ2v) is 10.4. The van der Waals surface area contributed by atoms with Crippen LogP contribution in [0.5, 0.6) is 5.75 Å². The Kier molecular flexibility index (Phi) is 5.27. The molecule has 6 heteroatoms. The molecule has 160 valence electrons. The van der Waals surface area contributed by atoms with E-state index in [4.69, 9.17) is 4.74 Å². The topological polar surface area (TPSA) is 46.6 Å². The summed E-state index contributed by atoms with van der Waals surface area (Å²) in [7, 11) is -3.86. The number of aryl methyl sites for hydroxylation is 1. The minimum Gasteiger partial charge on any atom is -0.484 e. The van der Waals surface area contributed by atoms with E-state index in [0.29, 0.717) is 17.1 Å². The van der Waals surface area contributed by atoms with E-state index in [2.05, 4.69) is 15.9 Å². The van der Waals surface area contributed by atoms with Crippen molar-refractivity contribution in [2.45, 2.75) is 11.8 Å². The highest BCUT2D eigenvalue weighted by Gasteiger charge is 2.34. The Bertz CT molecular complexity index is 1440. The van der Waals surface area contributed by atoms with Gasteiger partial charge in [-0.15, -0.1) is 0 Å². The molecule has 0 bridgehead atoms. The van der Waals surface area contributed by atoms with Gasteiger partial charge in [0.2, 0.25) is 0 Å². The van der Waals surface area contributed by atoms with Crippen LogP contribution < -0.4 is 9.04 Å². The Morgan fingerprint density at radius 3 is 2.38 bits per heavy atom. The van der Waals surface area contributed by atoms with Crippen LogP contribution in [0.15, 0.2) is 100.0 Å². The van der Waals surface area contributed by atoms with Gasteiger partial charge < -0.3 is 4.74 Å². The van der Waals surface area contributed by atoms with E-state index in [-0.39, 0.29) is 11.5 Å². The summed E-state index contributed by atoms with van der Waals surface area (Å²) in [6.45, 7) is 2.08. The second-order valence-electron chi connectivity index (χ2n) is 7.69. The van der Waals surface area contributed by atoms with Gasteiger partial charge in [-0.05, 0) is 54.3 Å². The van der Waals surface area contributed by atoms with Crippen LogP contribution in [0.25, 0.3) is 16.8 Å². The van der Waals surface area contributed by atoms with Crippen molar-refractivity contribution in [1.82, 2.24) is 0 Å². The Morgan fingerprint density at radius 2 is 1.62 bits per heavy atom. The summed E-state index contributed by atoms with van der Waals surface area (Å²) < 4.78 is 36.3. The molecule has 0 aromatic heterocycles. The van der Waals surface area contributed by atoms with Crippen molar-refractivity contribution in [3.05, 3.63) is 106 Å². The van der Waals surface area contributed by atoms with E-state index >= 15 is 0 Å². The van der Waals surface area contributed by atoms with Crippen molar-refractivity contribution in [2.75, 3.05) is 10.9 Å². The summed E-state index contributed by atoms with van der Waals surface area (Å²) in [4.78, 5) is 0.241. The van der Waals surface area contributed by atoms with E-state index in [1.54, 1.807) is 12.1 Å². The molecule has 1 aliphatic rings. The lowest BCUT2D eigenvalue weighted by molar-refractivity contribution is 0.346. The predicted octanol–water partition coefficient (Wildman–Crippen LogP) is 6.54. The number of rotatable bonds is 3. The second kappa shape index (κ2) is 8.11. The highest BCUT2D eigenvalue weighted by Crippen LogP contribution is 2.44. The van der Waals surface area contributed by atoms with Gasteiger partial charge in [0.25, 0.3) is 10.0 Å². The summed E-state index contributed by atoms with van der Waals surface area (Å²) in [5.74, 6) is 0.576. The number of anilines is 1. The summed E-state index contributed by atoms with van der Waals surface area (Å²) in [5, 5.41) is 1.89. The smallest absolute Gasteiger partial charge is 0.268 e. The molecular weight excluding hydrogens is 486 g/mol. The van der Waals surface area contributed by atoms with Crippen LogP contribution in [-0.2, 0) is 10.0 Å². The van der Waals surface area contributed by atoms with Gasteiger partial charge in [0.1, 0.15) is 6.61 Å².